The molecule has 0 saturated carbocycles. The number of carbonyl (C=O) groups excluding carboxylic acids is 1. The van der Waals surface area contributed by atoms with Crippen molar-refractivity contribution in [2.75, 3.05) is 6.61 Å². The molecule has 0 saturated heterocycles. The van der Waals surface area contributed by atoms with Gasteiger partial charge in [0.25, 0.3) is 5.69 Å². The molecule has 116 valence electrons. The molecule has 22 heavy (non-hydrogen) atoms. The molecule has 0 fully saturated rings. The normalized spacial score (nSPS) is 11.9. The van der Waals surface area contributed by atoms with Gasteiger partial charge in [0.05, 0.1) is 17.8 Å². The Hall–Kier alpha value is -2.67. The maximum Gasteiger partial charge on any atom is 0.269 e. The van der Waals surface area contributed by atoms with Crippen molar-refractivity contribution in [2.45, 2.75) is 18.9 Å². The highest BCUT2D eigenvalue weighted by Crippen LogP contribution is 2.15. The number of nitrogens with one attached hydrogen (secondary N) is 1. The molecule has 1 heterocycles. The van der Waals surface area contributed by atoms with Gasteiger partial charge in [0.1, 0.15) is 11.8 Å². The van der Waals surface area contributed by atoms with E-state index in [9.17, 15) is 20.0 Å². The van der Waals surface area contributed by atoms with Crippen molar-refractivity contribution in [2.24, 2.45) is 0 Å². The molecular weight excluding hydrogens is 288 g/mol. The first-order valence-electron chi connectivity index (χ1n) is 6.77. The number of carbonyl (C=O) groups is 1. The lowest BCUT2D eigenvalue weighted by molar-refractivity contribution is -0.384. The van der Waals surface area contributed by atoms with Crippen LogP contribution in [0, 0.1) is 10.1 Å². The number of hydrogen-bond acceptors (Lipinski definition) is 5. The smallest absolute Gasteiger partial charge is 0.269 e. The van der Waals surface area contributed by atoms with Crippen molar-refractivity contribution >= 4 is 11.6 Å². The molecule has 1 unspecified atom stereocenters. The van der Waals surface area contributed by atoms with Gasteiger partial charge in [0, 0.05) is 18.6 Å². The summed E-state index contributed by atoms with van der Waals surface area (Å²) in [4.78, 5) is 22.1. The van der Waals surface area contributed by atoms with Crippen LogP contribution >= 0.6 is 0 Å². The number of aryl methyl sites for hydroxylation is 1. The van der Waals surface area contributed by atoms with E-state index in [1.165, 1.54) is 18.4 Å². The van der Waals surface area contributed by atoms with E-state index >= 15 is 0 Å². The minimum atomic E-state index is -0.590. The van der Waals surface area contributed by atoms with Crippen LogP contribution in [0.4, 0.5) is 5.69 Å². The first-order valence-corrected chi connectivity index (χ1v) is 6.77. The van der Waals surface area contributed by atoms with Crippen molar-refractivity contribution in [1.29, 1.82) is 0 Å². The molecule has 0 radical (unpaired) electrons. The maximum atomic E-state index is 11.9. The molecule has 0 aliphatic rings. The highest BCUT2D eigenvalue weighted by Gasteiger charge is 2.16. The molecule has 0 aliphatic carbocycles. The van der Waals surface area contributed by atoms with Crippen LogP contribution < -0.4 is 5.32 Å². The number of furan rings is 1. The van der Waals surface area contributed by atoms with Crippen molar-refractivity contribution < 1.29 is 19.2 Å². The third-order valence-corrected chi connectivity index (χ3v) is 3.17. The number of nitrogens with zero attached hydrogens (tertiary/aromatic N) is 1. The van der Waals surface area contributed by atoms with E-state index in [0.29, 0.717) is 17.7 Å². The van der Waals surface area contributed by atoms with E-state index < -0.39 is 11.0 Å². The van der Waals surface area contributed by atoms with Crippen LogP contribution in [-0.2, 0) is 11.2 Å². The molecule has 0 aliphatic heterocycles. The van der Waals surface area contributed by atoms with Crippen molar-refractivity contribution in [3.05, 3.63) is 64.1 Å². The number of hydrogen-bond donors (Lipinski definition) is 2. The molecule has 7 nitrogen and oxygen atoms in total. The average molecular weight is 304 g/mol. The Bertz CT molecular complexity index is 639. The number of benzene rings is 1. The second-order valence-electron chi connectivity index (χ2n) is 4.75. The van der Waals surface area contributed by atoms with Gasteiger partial charge in [-0.2, -0.15) is 0 Å². The summed E-state index contributed by atoms with van der Waals surface area (Å²) in [5, 5.41) is 22.6. The Morgan fingerprint density at radius 3 is 2.82 bits per heavy atom. The summed E-state index contributed by atoms with van der Waals surface area (Å²) < 4.78 is 5.14. The highest BCUT2D eigenvalue weighted by molar-refractivity contribution is 5.76. The lowest BCUT2D eigenvalue weighted by atomic mass is 10.1. The first kappa shape index (κ1) is 15.7. The van der Waals surface area contributed by atoms with Crippen LogP contribution in [0.25, 0.3) is 0 Å². The van der Waals surface area contributed by atoms with E-state index in [1.807, 2.05) is 0 Å². The van der Waals surface area contributed by atoms with Gasteiger partial charge in [-0.1, -0.05) is 12.1 Å². The molecule has 2 aromatic rings. The number of aliphatic hydroxyl groups is 1. The van der Waals surface area contributed by atoms with E-state index in [4.69, 9.17) is 4.42 Å². The van der Waals surface area contributed by atoms with Crippen molar-refractivity contribution in [1.82, 2.24) is 5.32 Å². The van der Waals surface area contributed by atoms with E-state index in [0.717, 1.165) is 0 Å². The van der Waals surface area contributed by atoms with E-state index in [-0.39, 0.29) is 24.6 Å². The number of nitro benzene ring substituents is 1. The van der Waals surface area contributed by atoms with Gasteiger partial charge >= 0.3 is 0 Å². The van der Waals surface area contributed by atoms with Gasteiger partial charge in [-0.05, 0) is 24.1 Å². The Labute approximate surface area is 126 Å². The van der Waals surface area contributed by atoms with Crippen molar-refractivity contribution in [3.63, 3.8) is 0 Å². The fourth-order valence-electron chi connectivity index (χ4n) is 2.05. The first-order chi connectivity index (χ1) is 10.6. The maximum absolute atomic E-state index is 11.9. The minimum Gasteiger partial charge on any atom is -0.467 e. The summed E-state index contributed by atoms with van der Waals surface area (Å²) >= 11 is 0. The summed E-state index contributed by atoms with van der Waals surface area (Å²) in [5.41, 5.74) is 0.713. The molecule has 1 atom stereocenters. The Kier molecular flexibility index (Phi) is 5.26. The lowest BCUT2D eigenvalue weighted by Gasteiger charge is -2.13. The molecule has 1 aromatic heterocycles. The standard InChI is InChI=1S/C15H16N2O5/c18-10-13(14-5-2-8-22-14)16-15(19)7-6-11-3-1-4-12(9-11)17(20)21/h1-5,8-9,13,18H,6-7,10H2,(H,16,19). The monoisotopic (exact) mass is 304 g/mol. The van der Waals surface area contributed by atoms with E-state index in [1.54, 1.807) is 24.3 Å². The largest absolute Gasteiger partial charge is 0.467 e. The molecule has 1 aromatic carbocycles. The van der Waals surface area contributed by atoms with Crippen LogP contribution in [0.5, 0.6) is 0 Å². The van der Waals surface area contributed by atoms with Gasteiger partial charge in [0.2, 0.25) is 5.91 Å². The van der Waals surface area contributed by atoms with Crippen LogP contribution in [-0.4, -0.2) is 22.5 Å². The van der Waals surface area contributed by atoms with Gasteiger partial charge in [-0.15, -0.1) is 0 Å². The predicted octanol–water partition coefficient (Wildman–Crippen LogP) is 1.97. The zero-order valence-corrected chi connectivity index (χ0v) is 11.8. The Balaban J connectivity index is 1.90. The van der Waals surface area contributed by atoms with Crippen molar-refractivity contribution in [3.8, 4) is 0 Å². The molecule has 2 N–H and O–H groups in total. The second-order valence-corrected chi connectivity index (χ2v) is 4.75. The van der Waals surface area contributed by atoms with Crippen LogP contribution in [0.15, 0.2) is 47.1 Å². The second kappa shape index (κ2) is 7.37. The number of amides is 1. The topological polar surface area (TPSA) is 106 Å². The molecule has 0 spiro atoms. The highest BCUT2D eigenvalue weighted by atomic mass is 16.6. The SMILES string of the molecule is O=C(CCc1cccc([N+](=O)[O-])c1)NC(CO)c1ccco1. The quantitative estimate of drug-likeness (QED) is 0.601. The predicted molar refractivity (Wildman–Crippen MR) is 78.1 cm³/mol. The number of non-ortho nitro benzene ring substituents is 1. The van der Waals surface area contributed by atoms with Gasteiger partial charge < -0.3 is 14.8 Å². The summed E-state index contributed by atoms with van der Waals surface area (Å²) in [6, 6.07) is 8.93. The van der Waals surface area contributed by atoms with E-state index in [2.05, 4.69) is 5.32 Å². The fourth-order valence-corrected chi connectivity index (χ4v) is 2.05. The lowest BCUT2D eigenvalue weighted by Crippen LogP contribution is -2.30. The molecule has 2 rings (SSSR count). The summed E-state index contributed by atoms with van der Waals surface area (Å²) in [7, 11) is 0. The Morgan fingerprint density at radius 2 is 2.18 bits per heavy atom. The summed E-state index contributed by atoms with van der Waals surface area (Å²) in [6.45, 7) is -0.268. The molecular formula is C15H16N2O5. The number of nitro groups is 1. The molecule has 0 bridgehead atoms. The Morgan fingerprint density at radius 1 is 1.36 bits per heavy atom. The third-order valence-electron chi connectivity index (χ3n) is 3.17. The van der Waals surface area contributed by atoms with Gasteiger partial charge in [-0.3, -0.25) is 14.9 Å². The zero-order valence-electron chi connectivity index (χ0n) is 11.8. The number of rotatable bonds is 7. The van der Waals surface area contributed by atoms with Gasteiger partial charge in [0.15, 0.2) is 0 Å². The molecule has 7 heteroatoms. The summed E-state index contributed by atoms with van der Waals surface area (Å²) in [6.07, 6.45) is 2.01. The fraction of sp³-hybridized carbons (Fsp3) is 0.267. The van der Waals surface area contributed by atoms with Crippen LogP contribution in [0.3, 0.4) is 0 Å². The molecule has 1 amide bonds. The van der Waals surface area contributed by atoms with Crippen LogP contribution in [0.1, 0.15) is 23.8 Å². The average Bonchev–Trinajstić information content (AvgIpc) is 3.05. The minimum absolute atomic E-state index is 0.00160. The van der Waals surface area contributed by atoms with Gasteiger partial charge in [-0.25, -0.2) is 0 Å². The zero-order chi connectivity index (χ0) is 15.9. The number of aliphatic hydroxyl groups excluding tert-OH is 1. The van der Waals surface area contributed by atoms with Crippen LogP contribution in [0.2, 0.25) is 0 Å². The summed E-state index contributed by atoms with van der Waals surface area (Å²) in [5.74, 6) is 0.216. The third kappa shape index (κ3) is 4.16.